The van der Waals surface area contributed by atoms with E-state index in [0.717, 1.165) is 37.8 Å². The number of hydrogen-bond acceptors (Lipinski definition) is 3. The molecule has 1 fully saturated rings. The van der Waals surface area contributed by atoms with Crippen molar-refractivity contribution >= 4 is 5.82 Å². The van der Waals surface area contributed by atoms with E-state index in [9.17, 15) is 4.79 Å². The highest BCUT2D eigenvalue weighted by Crippen LogP contribution is 2.30. The predicted molar refractivity (Wildman–Crippen MR) is 83.0 cm³/mol. The van der Waals surface area contributed by atoms with Crippen molar-refractivity contribution in [2.75, 3.05) is 11.9 Å². The first-order valence-corrected chi connectivity index (χ1v) is 8.00. The molecular formula is C16H27N3O. The van der Waals surface area contributed by atoms with E-state index in [1.54, 1.807) is 17.0 Å². The van der Waals surface area contributed by atoms with Crippen LogP contribution in [0.15, 0.2) is 17.2 Å². The van der Waals surface area contributed by atoms with Crippen LogP contribution in [0.1, 0.15) is 52.4 Å². The Hall–Kier alpha value is -1.32. The summed E-state index contributed by atoms with van der Waals surface area (Å²) in [4.78, 5) is 16.3. The van der Waals surface area contributed by atoms with Gasteiger partial charge in [0, 0.05) is 25.5 Å². The summed E-state index contributed by atoms with van der Waals surface area (Å²) in [7, 11) is 0. The first-order chi connectivity index (χ1) is 9.70. The molecule has 1 aliphatic rings. The number of hydrogen-bond donors (Lipinski definition) is 1. The molecule has 20 heavy (non-hydrogen) atoms. The van der Waals surface area contributed by atoms with Gasteiger partial charge in [-0.2, -0.15) is 0 Å². The summed E-state index contributed by atoms with van der Waals surface area (Å²) in [5.41, 5.74) is 0.00613. The van der Waals surface area contributed by atoms with Gasteiger partial charge in [-0.15, -0.1) is 0 Å². The molecule has 2 rings (SSSR count). The topological polar surface area (TPSA) is 46.9 Å². The molecule has 0 bridgehead atoms. The number of nitrogens with one attached hydrogen (secondary N) is 1. The average molecular weight is 277 g/mol. The summed E-state index contributed by atoms with van der Waals surface area (Å²) in [5.74, 6) is 2.22. The average Bonchev–Trinajstić information content (AvgIpc) is 2.45. The summed E-state index contributed by atoms with van der Waals surface area (Å²) in [6.45, 7) is 6.04. The standard InChI is InChI=1S/C16H27N3O/c1-3-11-19-12-10-18-15(16(19)20)17-9-8-14-6-4-13(2)5-7-14/h10,12-14H,3-9,11H2,1-2H3,(H,17,18). The Balaban J connectivity index is 1.82. The molecule has 0 unspecified atom stereocenters. The summed E-state index contributed by atoms with van der Waals surface area (Å²) in [6.07, 6.45) is 11.0. The van der Waals surface area contributed by atoms with Crippen LogP contribution in [-0.4, -0.2) is 16.1 Å². The third-order valence-corrected chi connectivity index (χ3v) is 4.36. The Morgan fingerprint density at radius 2 is 2.10 bits per heavy atom. The van der Waals surface area contributed by atoms with Gasteiger partial charge in [-0.25, -0.2) is 4.98 Å². The van der Waals surface area contributed by atoms with Crippen LogP contribution in [0.3, 0.4) is 0 Å². The molecule has 0 spiro atoms. The van der Waals surface area contributed by atoms with Crippen LogP contribution >= 0.6 is 0 Å². The SMILES string of the molecule is CCCn1ccnc(NCCC2CCC(C)CC2)c1=O. The van der Waals surface area contributed by atoms with E-state index in [0.29, 0.717) is 5.82 Å². The quantitative estimate of drug-likeness (QED) is 0.868. The molecular weight excluding hydrogens is 250 g/mol. The zero-order valence-electron chi connectivity index (χ0n) is 12.8. The van der Waals surface area contributed by atoms with Gasteiger partial charge < -0.3 is 9.88 Å². The molecule has 1 aromatic rings. The molecule has 0 saturated heterocycles. The molecule has 4 nitrogen and oxygen atoms in total. The second-order valence-electron chi connectivity index (χ2n) is 6.12. The van der Waals surface area contributed by atoms with Crippen molar-refractivity contribution in [3.8, 4) is 0 Å². The molecule has 0 aromatic carbocycles. The fourth-order valence-electron chi connectivity index (χ4n) is 3.00. The van der Waals surface area contributed by atoms with Crippen LogP contribution in [0.4, 0.5) is 5.82 Å². The molecule has 0 atom stereocenters. The van der Waals surface area contributed by atoms with E-state index in [2.05, 4.69) is 24.1 Å². The maximum absolute atomic E-state index is 12.1. The zero-order chi connectivity index (χ0) is 14.4. The first-order valence-electron chi connectivity index (χ1n) is 8.00. The van der Waals surface area contributed by atoms with Gasteiger partial charge in [0.1, 0.15) is 0 Å². The molecule has 0 aliphatic heterocycles. The summed E-state index contributed by atoms with van der Waals surface area (Å²) in [6, 6.07) is 0. The number of rotatable bonds is 6. The van der Waals surface area contributed by atoms with E-state index in [1.165, 1.54) is 25.7 Å². The van der Waals surface area contributed by atoms with E-state index in [1.807, 2.05) is 0 Å². The lowest BCUT2D eigenvalue weighted by atomic mass is 9.81. The number of aryl methyl sites for hydroxylation is 1. The van der Waals surface area contributed by atoms with Gasteiger partial charge >= 0.3 is 0 Å². The highest BCUT2D eigenvalue weighted by atomic mass is 16.1. The molecule has 1 aliphatic carbocycles. The largest absolute Gasteiger partial charge is 0.365 e. The van der Waals surface area contributed by atoms with Gasteiger partial charge in [-0.3, -0.25) is 4.79 Å². The van der Waals surface area contributed by atoms with Crippen LogP contribution in [0.25, 0.3) is 0 Å². The number of nitrogens with zero attached hydrogens (tertiary/aromatic N) is 2. The van der Waals surface area contributed by atoms with Crippen LogP contribution in [0, 0.1) is 11.8 Å². The first kappa shape index (κ1) is 15.1. The van der Waals surface area contributed by atoms with Crippen molar-refractivity contribution in [3.05, 3.63) is 22.7 Å². The van der Waals surface area contributed by atoms with Crippen molar-refractivity contribution in [2.45, 2.75) is 58.9 Å². The second kappa shape index (κ2) is 7.46. The van der Waals surface area contributed by atoms with Crippen molar-refractivity contribution in [2.24, 2.45) is 11.8 Å². The van der Waals surface area contributed by atoms with Crippen LogP contribution in [0.2, 0.25) is 0 Å². The normalized spacial score (nSPS) is 22.7. The van der Waals surface area contributed by atoms with Crippen LogP contribution < -0.4 is 10.9 Å². The van der Waals surface area contributed by atoms with Crippen molar-refractivity contribution in [1.29, 1.82) is 0 Å². The Morgan fingerprint density at radius 1 is 1.35 bits per heavy atom. The minimum atomic E-state index is 0.00613. The van der Waals surface area contributed by atoms with Crippen LogP contribution in [-0.2, 0) is 6.54 Å². The molecule has 1 saturated carbocycles. The fraction of sp³-hybridized carbons (Fsp3) is 0.750. The molecule has 0 radical (unpaired) electrons. The summed E-state index contributed by atoms with van der Waals surface area (Å²) < 4.78 is 1.73. The van der Waals surface area contributed by atoms with E-state index < -0.39 is 0 Å². The van der Waals surface area contributed by atoms with Gasteiger partial charge in [0.2, 0.25) is 0 Å². The monoisotopic (exact) mass is 277 g/mol. The minimum absolute atomic E-state index is 0.00613. The lowest BCUT2D eigenvalue weighted by Crippen LogP contribution is -2.25. The fourth-order valence-corrected chi connectivity index (χ4v) is 3.00. The van der Waals surface area contributed by atoms with Gasteiger partial charge in [0.05, 0.1) is 0 Å². The number of anilines is 1. The zero-order valence-corrected chi connectivity index (χ0v) is 12.8. The molecule has 1 N–H and O–H groups in total. The third-order valence-electron chi connectivity index (χ3n) is 4.36. The Kier molecular flexibility index (Phi) is 5.62. The van der Waals surface area contributed by atoms with Gasteiger partial charge in [-0.05, 0) is 24.7 Å². The van der Waals surface area contributed by atoms with Gasteiger partial charge in [0.15, 0.2) is 5.82 Å². The predicted octanol–water partition coefficient (Wildman–Crippen LogP) is 3.28. The van der Waals surface area contributed by atoms with E-state index >= 15 is 0 Å². The Bertz CT molecular complexity index is 461. The van der Waals surface area contributed by atoms with Crippen molar-refractivity contribution < 1.29 is 0 Å². The molecule has 0 amide bonds. The smallest absolute Gasteiger partial charge is 0.293 e. The molecule has 1 aromatic heterocycles. The van der Waals surface area contributed by atoms with Gasteiger partial charge in [0.25, 0.3) is 5.56 Å². The lowest BCUT2D eigenvalue weighted by Gasteiger charge is -2.26. The summed E-state index contributed by atoms with van der Waals surface area (Å²) >= 11 is 0. The molecule has 1 heterocycles. The maximum atomic E-state index is 12.1. The molecule has 112 valence electrons. The Labute approximate surface area is 121 Å². The van der Waals surface area contributed by atoms with E-state index in [4.69, 9.17) is 0 Å². The second-order valence-corrected chi connectivity index (χ2v) is 6.12. The number of aromatic nitrogens is 2. The van der Waals surface area contributed by atoms with Crippen LogP contribution in [0.5, 0.6) is 0 Å². The third kappa shape index (κ3) is 4.09. The lowest BCUT2D eigenvalue weighted by molar-refractivity contribution is 0.282. The Morgan fingerprint density at radius 3 is 2.80 bits per heavy atom. The maximum Gasteiger partial charge on any atom is 0.293 e. The van der Waals surface area contributed by atoms with Crippen molar-refractivity contribution in [3.63, 3.8) is 0 Å². The highest BCUT2D eigenvalue weighted by molar-refractivity contribution is 5.30. The molecule has 4 heteroatoms. The van der Waals surface area contributed by atoms with Crippen molar-refractivity contribution in [1.82, 2.24) is 9.55 Å². The minimum Gasteiger partial charge on any atom is -0.365 e. The van der Waals surface area contributed by atoms with Gasteiger partial charge in [-0.1, -0.05) is 39.5 Å². The highest BCUT2D eigenvalue weighted by Gasteiger charge is 2.17. The summed E-state index contributed by atoms with van der Waals surface area (Å²) in [5, 5.41) is 3.23. The van der Waals surface area contributed by atoms with E-state index in [-0.39, 0.29) is 5.56 Å².